The standard InChI is InChI=1S/C18H30N2O4S/c1-4-6-7-8-15(3)20-18(21)13-14-19-25(22,23)17-11-9-16(10-12-17)24-5-2/h9-12,15,19H,4-8,13-14H2,1-3H3,(H,20,21). The molecule has 1 amide bonds. The van der Waals surface area contributed by atoms with Gasteiger partial charge in [0, 0.05) is 19.0 Å². The molecule has 1 aromatic rings. The summed E-state index contributed by atoms with van der Waals surface area (Å²) in [7, 11) is -3.62. The molecule has 1 unspecified atom stereocenters. The lowest BCUT2D eigenvalue weighted by Crippen LogP contribution is -2.35. The monoisotopic (exact) mass is 370 g/mol. The Bertz CT molecular complexity index is 614. The highest BCUT2D eigenvalue weighted by Gasteiger charge is 2.14. The number of ether oxygens (including phenoxy) is 1. The van der Waals surface area contributed by atoms with Crippen molar-refractivity contribution >= 4 is 15.9 Å². The second kappa shape index (κ2) is 11.1. The number of carbonyl (C=O) groups is 1. The van der Waals surface area contributed by atoms with Crippen molar-refractivity contribution < 1.29 is 17.9 Å². The Morgan fingerprint density at radius 2 is 1.84 bits per heavy atom. The van der Waals surface area contributed by atoms with Gasteiger partial charge in [-0.1, -0.05) is 26.2 Å². The van der Waals surface area contributed by atoms with E-state index in [1.165, 1.54) is 12.1 Å². The Labute approximate surface area is 151 Å². The molecule has 2 N–H and O–H groups in total. The summed E-state index contributed by atoms with van der Waals surface area (Å²) in [6.45, 7) is 6.57. The van der Waals surface area contributed by atoms with Gasteiger partial charge in [0.1, 0.15) is 5.75 Å². The zero-order valence-corrected chi connectivity index (χ0v) is 16.2. The van der Waals surface area contributed by atoms with E-state index in [1.807, 2.05) is 13.8 Å². The number of carbonyl (C=O) groups excluding carboxylic acids is 1. The van der Waals surface area contributed by atoms with Gasteiger partial charge in [-0.05, 0) is 44.5 Å². The average molecular weight is 371 g/mol. The molecule has 0 spiro atoms. The number of hydrogen-bond acceptors (Lipinski definition) is 4. The first-order valence-corrected chi connectivity index (χ1v) is 10.4. The molecule has 0 aliphatic rings. The predicted molar refractivity (Wildman–Crippen MR) is 99.2 cm³/mol. The van der Waals surface area contributed by atoms with Crippen molar-refractivity contribution in [2.45, 2.75) is 63.8 Å². The van der Waals surface area contributed by atoms with Crippen molar-refractivity contribution in [2.75, 3.05) is 13.2 Å². The summed E-state index contributed by atoms with van der Waals surface area (Å²) in [5, 5.41) is 2.90. The molecule has 1 rings (SSSR count). The largest absolute Gasteiger partial charge is 0.494 e. The molecule has 25 heavy (non-hydrogen) atoms. The molecule has 1 aromatic carbocycles. The van der Waals surface area contributed by atoms with Crippen LogP contribution >= 0.6 is 0 Å². The number of unbranched alkanes of at least 4 members (excludes halogenated alkanes) is 2. The predicted octanol–water partition coefficient (Wildman–Crippen LogP) is 2.84. The fourth-order valence-electron chi connectivity index (χ4n) is 2.38. The lowest BCUT2D eigenvalue weighted by molar-refractivity contribution is -0.121. The molecule has 0 aromatic heterocycles. The van der Waals surface area contributed by atoms with E-state index in [2.05, 4.69) is 17.0 Å². The molecule has 0 heterocycles. The minimum Gasteiger partial charge on any atom is -0.494 e. The van der Waals surface area contributed by atoms with Crippen LogP contribution in [0.15, 0.2) is 29.2 Å². The van der Waals surface area contributed by atoms with Gasteiger partial charge in [0.2, 0.25) is 15.9 Å². The zero-order valence-electron chi connectivity index (χ0n) is 15.4. The number of benzene rings is 1. The molecule has 1 atom stereocenters. The lowest BCUT2D eigenvalue weighted by Gasteiger charge is -2.14. The molecular weight excluding hydrogens is 340 g/mol. The van der Waals surface area contributed by atoms with Crippen LogP contribution in [0.4, 0.5) is 0 Å². The number of sulfonamides is 1. The highest BCUT2D eigenvalue weighted by Crippen LogP contribution is 2.15. The van der Waals surface area contributed by atoms with Crippen LogP contribution in [0.25, 0.3) is 0 Å². The van der Waals surface area contributed by atoms with Gasteiger partial charge in [0.15, 0.2) is 0 Å². The summed E-state index contributed by atoms with van der Waals surface area (Å²) >= 11 is 0. The molecule has 0 aliphatic carbocycles. The summed E-state index contributed by atoms with van der Waals surface area (Å²) < 4.78 is 32.1. The molecular formula is C18H30N2O4S. The number of nitrogens with one attached hydrogen (secondary N) is 2. The maximum absolute atomic E-state index is 12.2. The van der Waals surface area contributed by atoms with Crippen molar-refractivity contribution in [3.8, 4) is 5.75 Å². The Morgan fingerprint density at radius 3 is 2.44 bits per heavy atom. The first-order valence-electron chi connectivity index (χ1n) is 8.91. The van der Waals surface area contributed by atoms with E-state index in [4.69, 9.17) is 4.74 Å². The van der Waals surface area contributed by atoms with E-state index >= 15 is 0 Å². The van der Waals surface area contributed by atoms with Gasteiger partial charge in [0.05, 0.1) is 11.5 Å². The molecule has 0 bridgehead atoms. The van der Waals surface area contributed by atoms with E-state index in [1.54, 1.807) is 12.1 Å². The summed E-state index contributed by atoms with van der Waals surface area (Å²) in [6.07, 6.45) is 4.45. The van der Waals surface area contributed by atoms with Crippen LogP contribution in [0.3, 0.4) is 0 Å². The van der Waals surface area contributed by atoms with Crippen LogP contribution in [0.5, 0.6) is 5.75 Å². The SMILES string of the molecule is CCCCCC(C)NC(=O)CCNS(=O)(=O)c1ccc(OCC)cc1. The third-order valence-corrected chi connectivity index (χ3v) is 5.21. The minimum absolute atomic E-state index is 0.0725. The van der Waals surface area contributed by atoms with E-state index in [0.29, 0.717) is 12.4 Å². The normalized spacial score (nSPS) is 12.6. The van der Waals surface area contributed by atoms with Crippen LogP contribution in [-0.4, -0.2) is 33.5 Å². The van der Waals surface area contributed by atoms with Crippen molar-refractivity contribution in [2.24, 2.45) is 0 Å². The van der Waals surface area contributed by atoms with Gasteiger partial charge in [-0.2, -0.15) is 0 Å². The Kier molecular flexibility index (Phi) is 9.52. The second-order valence-corrected chi connectivity index (χ2v) is 7.78. The second-order valence-electron chi connectivity index (χ2n) is 6.02. The molecule has 0 aliphatic heterocycles. The zero-order chi connectivity index (χ0) is 18.7. The van der Waals surface area contributed by atoms with Gasteiger partial charge in [-0.25, -0.2) is 13.1 Å². The van der Waals surface area contributed by atoms with Gasteiger partial charge in [-0.3, -0.25) is 4.79 Å². The van der Waals surface area contributed by atoms with Crippen molar-refractivity contribution in [1.82, 2.24) is 10.0 Å². The number of hydrogen-bond donors (Lipinski definition) is 2. The molecule has 6 nitrogen and oxygen atoms in total. The van der Waals surface area contributed by atoms with Gasteiger partial charge < -0.3 is 10.1 Å². The number of amides is 1. The smallest absolute Gasteiger partial charge is 0.240 e. The summed E-state index contributed by atoms with van der Waals surface area (Å²) in [4.78, 5) is 12.0. The van der Waals surface area contributed by atoms with Crippen molar-refractivity contribution in [1.29, 1.82) is 0 Å². The average Bonchev–Trinajstić information content (AvgIpc) is 2.55. The fourth-order valence-corrected chi connectivity index (χ4v) is 3.42. The van der Waals surface area contributed by atoms with Crippen LogP contribution in [0, 0.1) is 0 Å². The van der Waals surface area contributed by atoms with Gasteiger partial charge >= 0.3 is 0 Å². The van der Waals surface area contributed by atoms with E-state index in [9.17, 15) is 13.2 Å². The maximum atomic E-state index is 12.2. The molecule has 142 valence electrons. The van der Waals surface area contributed by atoms with Crippen molar-refractivity contribution in [3.05, 3.63) is 24.3 Å². The molecule has 7 heteroatoms. The third kappa shape index (κ3) is 8.36. The third-order valence-electron chi connectivity index (χ3n) is 3.74. The first-order chi connectivity index (χ1) is 11.9. The maximum Gasteiger partial charge on any atom is 0.240 e. The topological polar surface area (TPSA) is 84.5 Å². The van der Waals surface area contributed by atoms with Gasteiger partial charge in [0.25, 0.3) is 0 Å². The quantitative estimate of drug-likeness (QED) is 0.554. The summed E-state index contributed by atoms with van der Waals surface area (Å²) in [5.41, 5.74) is 0. The number of rotatable bonds is 12. The van der Waals surface area contributed by atoms with Gasteiger partial charge in [-0.15, -0.1) is 0 Å². The molecule has 0 saturated carbocycles. The van der Waals surface area contributed by atoms with Crippen molar-refractivity contribution in [3.63, 3.8) is 0 Å². The van der Waals surface area contributed by atoms with Crippen LogP contribution in [-0.2, 0) is 14.8 Å². The first kappa shape index (κ1) is 21.4. The Morgan fingerprint density at radius 1 is 1.16 bits per heavy atom. The van der Waals surface area contributed by atoms with Crippen LogP contribution in [0.2, 0.25) is 0 Å². The highest BCUT2D eigenvalue weighted by molar-refractivity contribution is 7.89. The van der Waals surface area contributed by atoms with E-state index in [-0.39, 0.29) is 29.8 Å². The van der Waals surface area contributed by atoms with Crippen LogP contribution < -0.4 is 14.8 Å². The van der Waals surface area contributed by atoms with E-state index in [0.717, 1.165) is 25.7 Å². The van der Waals surface area contributed by atoms with Crippen LogP contribution in [0.1, 0.15) is 52.9 Å². The fraction of sp³-hybridized carbons (Fsp3) is 0.611. The highest BCUT2D eigenvalue weighted by atomic mass is 32.2. The molecule has 0 saturated heterocycles. The Balaban J connectivity index is 2.39. The molecule has 0 fully saturated rings. The van der Waals surface area contributed by atoms with E-state index < -0.39 is 10.0 Å². The summed E-state index contributed by atoms with van der Waals surface area (Å²) in [5.74, 6) is 0.483. The lowest BCUT2D eigenvalue weighted by atomic mass is 10.1. The molecule has 0 radical (unpaired) electrons. The Hall–Kier alpha value is -1.60. The summed E-state index contributed by atoms with van der Waals surface area (Å²) in [6, 6.07) is 6.32. The minimum atomic E-state index is -3.62.